The van der Waals surface area contributed by atoms with Crippen LogP contribution in [0.4, 0.5) is 0 Å². The van der Waals surface area contributed by atoms with E-state index in [9.17, 15) is 9.59 Å². The fraction of sp³-hybridized carbons (Fsp3) is 0.100. The van der Waals surface area contributed by atoms with Gasteiger partial charge in [0.05, 0.1) is 0 Å². The second-order valence-electron chi connectivity index (χ2n) is 5.82. The number of rotatable bonds is 2. The van der Waals surface area contributed by atoms with Crippen LogP contribution in [0.5, 0.6) is 5.75 Å². The Morgan fingerprint density at radius 1 is 1.04 bits per heavy atom. The van der Waals surface area contributed by atoms with Crippen molar-refractivity contribution >= 4 is 38.5 Å². The number of benzene rings is 3. The summed E-state index contributed by atoms with van der Waals surface area (Å²) in [5, 5.41) is 2.09. The zero-order valence-electron chi connectivity index (χ0n) is 12.7. The number of hydrogen-bond donors (Lipinski definition) is 0. The van der Waals surface area contributed by atoms with E-state index in [1.54, 1.807) is 24.3 Å². The lowest BCUT2D eigenvalue weighted by molar-refractivity contribution is -0.138. The Hall–Kier alpha value is -2.46. The number of esters is 1. The molecule has 3 aromatic carbocycles. The zero-order chi connectivity index (χ0) is 16.7. The van der Waals surface area contributed by atoms with E-state index in [2.05, 4.69) is 15.9 Å². The molecule has 0 aliphatic carbocycles. The van der Waals surface area contributed by atoms with Crippen molar-refractivity contribution in [3.05, 3.63) is 76.3 Å². The van der Waals surface area contributed by atoms with Crippen LogP contribution in [0.2, 0.25) is 0 Å². The van der Waals surface area contributed by atoms with Crippen LogP contribution in [0, 0.1) is 5.92 Å². The first-order valence-electron chi connectivity index (χ1n) is 7.65. The van der Waals surface area contributed by atoms with Crippen molar-refractivity contribution in [2.45, 2.75) is 6.42 Å². The highest BCUT2D eigenvalue weighted by Crippen LogP contribution is 2.35. The summed E-state index contributed by atoms with van der Waals surface area (Å²) in [6.45, 7) is 0. The highest BCUT2D eigenvalue weighted by molar-refractivity contribution is 9.10. The Balaban J connectivity index is 1.77. The second-order valence-corrected chi connectivity index (χ2v) is 6.73. The van der Waals surface area contributed by atoms with Crippen molar-refractivity contribution in [2.75, 3.05) is 0 Å². The molecule has 0 saturated carbocycles. The lowest BCUT2D eigenvalue weighted by Gasteiger charge is -2.24. The number of Topliss-reactive ketones (excluding diaryl/α,β-unsaturated/α-hetero) is 1. The standard InChI is InChI=1S/C20H13BrO3/c21-14-6-3-5-13(10-14)19(22)17-11-16-15-7-2-1-4-12(15)8-9-18(16)24-20(17)23/h1-10,17H,11H2. The van der Waals surface area contributed by atoms with E-state index in [0.29, 0.717) is 17.7 Å². The largest absolute Gasteiger partial charge is 0.426 e. The van der Waals surface area contributed by atoms with E-state index in [4.69, 9.17) is 4.74 Å². The summed E-state index contributed by atoms with van der Waals surface area (Å²) < 4.78 is 6.26. The molecule has 4 rings (SSSR count). The van der Waals surface area contributed by atoms with Gasteiger partial charge in [-0.25, -0.2) is 0 Å². The normalized spacial score (nSPS) is 16.5. The van der Waals surface area contributed by atoms with Gasteiger partial charge >= 0.3 is 5.97 Å². The molecule has 1 heterocycles. The summed E-state index contributed by atoms with van der Waals surface area (Å²) in [7, 11) is 0. The maximum atomic E-state index is 12.8. The number of fused-ring (bicyclic) bond motifs is 3. The number of carbonyl (C=O) groups excluding carboxylic acids is 2. The zero-order valence-corrected chi connectivity index (χ0v) is 14.2. The maximum absolute atomic E-state index is 12.8. The summed E-state index contributed by atoms with van der Waals surface area (Å²) in [5.74, 6) is -0.947. The molecule has 4 heteroatoms. The summed E-state index contributed by atoms with van der Waals surface area (Å²) in [6.07, 6.45) is 0.362. The minimum atomic E-state index is -0.808. The van der Waals surface area contributed by atoms with Crippen LogP contribution >= 0.6 is 15.9 Å². The Bertz CT molecular complexity index is 978. The van der Waals surface area contributed by atoms with Crippen LogP contribution in [0.15, 0.2) is 65.1 Å². The van der Waals surface area contributed by atoms with E-state index in [-0.39, 0.29) is 5.78 Å². The summed E-state index contributed by atoms with van der Waals surface area (Å²) >= 11 is 3.36. The van der Waals surface area contributed by atoms with Gasteiger partial charge in [-0.05, 0) is 35.4 Å². The predicted octanol–water partition coefficient (Wildman–Crippen LogP) is 4.56. The highest BCUT2D eigenvalue weighted by Gasteiger charge is 2.35. The quantitative estimate of drug-likeness (QED) is 0.283. The lowest BCUT2D eigenvalue weighted by atomic mass is 9.87. The monoisotopic (exact) mass is 380 g/mol. The minimum absolute atomic E-state index is 0.208. The van der Waals surface area contributed by atoms with Crippen molar-refractivity contribution in [3.63, 3.8) is 0 Å². The molecule has 0 radical (unpaired) electrons. The van der Waals surface area contributed by atoms with Gasteiger partial charge < -0.3 is 4.74 Å². The third kappa shape index (κ3) is 2.53. The third-order valence-electron chi connectivity index (χ3n) is 4.33. The molecule has 0 amide bonds. The number of ketones is 1. The van der Waals surface area contributed by atoms with Crippen molar-refractivity contribution in [2.24, 2.45) is 5.92 Å². The van der Waals surface area contributed by atoms with E-state index in [1.165, 1.54) is 0 Å². The predicted molar refractivity (Wildman–Crippen MR) is 95.2 cm³/mol. The molecular formula is C20H13BrO3. The van der Waals surface area contributed by atoms with Crippen molar-refractivity contribution in [3.8, 4) is 5.75 Å². The number of carbonyl (C=O) groups is 2. The van der Waals surface area contributed by atoms with Crippen LogP contribution in [-0.2, 0) is 11.2 Å². The molecule has 1 aliphatic rings. The molecule has 118 valence electrons. The molecular weight excluding hydrogens is 368 g/mol. The Morgan fingerprint density at radius 3 is 2.71 bits per heavy atom. The minimum Gasteiger partial charge on any atom is -0.426 e. The van der Waals surface area contributed by atoms with Gasteiger partial charge in [0.15, 0.2) is 5.78 Å². The van der Waals surface area contributed by atoms with E-state index in [0.717, 1.165) is 20.8 Å². The van der Waals surface area contributed by atoms with E-state index in [1.807, 2.05) is 36.4 Å². The van der Waals surface area contributed by atoms with Gasteiger partial charge in [0.2, 0.25) is 0 Å². The molecule has 0 bridgehead atoms. The summed E-state index contributed by atoms with van der Waals surface area (Å²) in [4.78, 5) is 25.1. The third-order valence-corrected chi connectivity index (χ3v) is 4.82. The first kappa shape index (κ1) is 15.1. The van der Waals surface area contributed by atoms with Crippen LogP contribution in [0.25, 0.3) is 10.8 Å². The first-order valence-corrected chi connectivity index (χ1v) is 8.45. The van der Waals surface area contributed by atoms with Crippen molar-refractivity contribution < 1.29 is 14.3 Å². The SMILES string of the molecule is O=C1Oc2ccc3ccccc3c2CC1C(=O)c1cccc(Br)c1. The molecule has 0 N–H and O–H groups in total. The van der Waals surface area contributed by atoms with Crippen LogP contribution in [-0.4, -0.2) is 11.8 Å². The van der Waals surface area contributed by atoms with Gasteiger partial charge in [-0.1, -0.05) is 58.4 Å². The maximum Gasteiger partial charge on any atom is 0.322 e. The van der Waals surface area contributed by atoms with Crippen LogP contribution < -0.4 is 4.74 Å². The van der Waals surface area contributed by atoms with E-state index >= 15 is 0 Å². The highest BCUT2D eigenvalue weighted by atomic mass is 79.9. The lowest BCUT2D eigenvalue weighted by Crippen LogP contribution is -2.34. The summed E-state index contributed by atoms with van der Waals surface area (Å²) in [6, 6.07) is 18.7. The first-order chi connectivity index (χ1) is 11.6. The molecule has 0 aromatic heterocycles. The van der Waals surface area contributed by atoms with Gasteiger partial charge in [0.1, 0.15) is 11.7 Å². The molecule has 0 spiro atoms. The Morgan fingerprint density at radius 2 is 1.88 bits per heavy atom. The molecule has 3 aromatic rings. The van der Waals surface area contributed by atoms with Crippen molar-refractivity contribution in [1.29, 1.82) is 0 Å². The van der Waals surface area contributed by atoms with Gasteiger partial charge in [0.25, 0.3) is 0 Å². The van der Waals surface area contributed by atoms with Gasteiger partial charge in [0, 0.05) is 15.6 Å². The average Bonchev–Trinajstić information content (AvgIpc) is 2.60. The van der Waals surface area contributed by atoms with Gasteiger partial charge in [-0.3, -0.25) is 9.59 Å². The Kier molecular flexibility index (Phi) is 3.69. The van der Waals surface area contributed by atoms with Crippen LogP contribution in [0.3, 0.4) is 0 Å². The van der Waals surface area contributed by atoms with Crippen molar-refractivity contribution in [1.82, 2.24) is 0 Å². The van der Waals surface area contributed by atoms with Gasteiger partial charge in [-0.15, -0.1) is 0 Å². The average molecular weight is 381 g/mol. The fourth-order valence-electron chi connectivity index (χ4n) is 3.13. The topological polar surface area (TPSA) is 43.4 Å². The summed E-state index contributed by atoms with van der Waals surface area (Å²) in [5.41, 5.74) is 1.43. The smallest absolute Gasteiger partial charge is 0.322 e. The molecule has 1 atom stereocenters. The number of ether oxygens (including phenoxy) is 1. The molecule has 1 unspecified atom stereocenters. The second kappa shape index (κ2) is 5.87. The van der Waals surface area contributed by atoms with Gasteiger partial charge in [-0.2, -0.15) is 0 Å². The number of hydrogen-bond acceptors (Lipinski definition) is 3. The van der Waals surface area contributed by atoms with E-state index < -0.39 is 11.9 Å². The molecule has 1 aliphatic heterocycles. The molecule has 0 saturated heterocycles. The Labute approximate surface area is 147 Å². The fourth-order valence-corrected chi connectivity index (χ4v) is 3.53. The molecule has 24 heavy (non-hydrogen) atoms. The molecule has 0 fully saturated rings. The van der Waals surface area contributed by atoms with Crippen LogP contribution in [0.1, 0.15) is 15.9 Å². The number of halogens is 1. The molecule has 3 nitrogen and oxygen atoms in total.